The van der Waals surface area contributed by atoms with Crippen LogP contribution in [0.3, 0.4) is 0 Å². The average Bonchev–Trinajstić information content (AvgIpc) is 2.69. The first-order valence-corrected chi connectivity index (χ1v) is 5.46. The largest absolute Gasteiger partial charge is 0.368 e. The van der Waals surface area contributed by atoms with Gasteiger partial charge in [-0.2, -0.15) is 0 Å². The Kier molecular flexibility index (Phi) is 2.85. The fourth-order valence-electron chi connectivity index (χ4n) is 1.47. The van der Waals surface area contributed by atoms with Crippen molar-refractivity contribution in [1.29, 1.82) is 0 Å². The van der Waals surface area contributed by atoms with Crippen LogP contribution in [-0.4, -0.2) is 20.8 Å². The minimum Gasteiger partial charge on any atom is -0.368 e. The van der Waals surface area contributed by atoms with Crippen molar-refractivity contribution in [1.82, 2.24) is 14.7 Å². The van der Waals surface area contributed by atoms with Crippen molar-refractivity contribution in [2.75, 3.05) is 0 Å². The predicted molar refractivity (Wildman–Crippen MR) is 65.3 cm³/mol. The van der Waals surface area contributed by atoms with Crippen LogP contribution in [0.2, 0.25) is 0 Å². The standard InChI is InChI=1S/C12H16N4O/c1-12(2,11(13)17)14-7-9-8-16-6-4-3-5-10(16)15-9/h3-6,8,14H,7H2,1-2H3,(H2,13,17). The van der Waals surface area contributed by atoms with Gasteiger partial charge in [0.2, 0.25) is 5.91 Å². The molecule has 1 amide bonds. The summed E-state index contributed by atoms with van der Waals surface area (Å²) in [6.45, 7) is 4.02. The summed E-state index contributed by atoms with van der Waals surface area (Å²) >= 11 is 0. The van der Waals surface area contributed by atoms with E-state index in [1.165, 1.54) is 0 Å². The topological polar surface area (TPSA) is 72.4 Å². The Balaban J connectivity index is 2.12. The number of nitrogens with zero attached hydrogens (tertiary/aromatic N) is 2. The molecular formula is C12H16N4O. The molecule has 0 aromatic carbocycles. The zero-order chi connectivity index (χ0) is 12.5. The normalized spacial score (nSPS) is 11.9. The van der Waals surface area contributed by atoms with E-state index in [2.05, 4.69) is 10.3 Å². The van der Waals surface area contributed by atoms with E-state index in [4.69, 9.17) is 5.73 Å². The lowest BCUT2D eigenvalue weighted by Crippen LogP contribution is -2.50. The van der Waals surface area contributed by atoms with Gasteiger partial charge in [-0.3, -0.25) is 10.1 Å². The monoisotopic (exact) mass is 232 g/mol. The molecule has 0 spiro atoms. The van der Waals surface area contributed by atoms with Crippen molar-refractivity contribution in [3.63, 3.8) is 0 Å². The Hall–Kier alpha value is -1.88. The van der Waals surface area contributed by atoms with Crippen LogP contribution in [0.4, 0.5) is 0 Å². The lowest BCUT2D eigenvalue weighted by atomic mass is 10.1. The van der Waals surface area contributed by atoms with Crippen molar-refractivity contribution in [3.8, 4) is 0 Å². The number of fused-ring (bicyclic) bond motifs is 1. The van der Waals surface area contributed by atoms with E-state index in [0.717, 1.165) is 11.3 Å². The molecule has 0 aliphatic heterocycles. The maximum atomic E-state index is 11.1. The molecule has 3 N–H and O–H groups in total. The van der Waals surface area contributed by atoms with Gasteiger partial charge in [0.1, 0.15) is 5.65 Å². The third-order valence-electron chi connectivity index (χ3n) is 2.74. The van der Waals surface area contributed by atoms with Crippen LogP contribution < -0.4 is 11.1 Å². The van der Waals surface area contributed by atoms with E-state index in [-0.39, 0.29) is 5.91 Å². The van der Waals surface area contributed by atoms with E-state index in [0.29, 0.717) is 6.54 Å². The molecule has 2 heterocycles. The van der Waals surface area contributed by atoms with Crippen LogP contribution in [0.25, 0.3) is 5.65 Å². The maximum Gasteiger partial charge on any atom is 0.237 e. The van der Waals surface area contributed by atoms with Crippen molar-refractivity contribution in [3.05, 3.63) is 36.3 Å². The van der Waals surface area contributed by atoms with Gasteiger partial charge in [0.15, 0.2) is 0 Å². The Morgan fingerprint density at radius 1 is 1.53 bits per heavy atom. The number of carbonyl (C=O) groups is 1. The molecule has 5 heteroatoms. The van der Waals surface area contributed by atoms with E-state index in [9.17, 15) is 4.79 Å². The van der Waals surface area contributed by atoms with Crippen LogP contribution >= 0.6 is 0 Å². The number of amides is 1. The number of imidazole rings is 1. The molecule has 0 fully saturated rings. The first-order chi connectivity index (χ1) is 7.99. The van der Waals surface area contributed by atoms with Gasteiger partial charge in [0, 0.05) is 18.9 Å². The Bertz CT molecular complexity index is 511. The SMILES string of the molecule is CC(C)(NCc1cn2ccccc2n1)C(N)=O. The van der Waals surface area contributed by atoms with Gasteiger partial charge in [0.05, 0.1) is 11.2 Å². The molecule has 0 saturated heterocycles. The van der Waals surface area contributed by atoms with Crippen LogP contribution in [-0.2, 0) is 11.3 Å². The van der Waals surface area contributed by atoms with Gasteiger partial charge in [-0.1, -0.05) is 6.07 Å². The molecule has 0 aliphatic carbocycles. The molecular weight excluding hydrogens is 216 g/mol. The molecule has 2 aromatic heterocycles. The van der Waals surface area contributed by atoms with Gasteiger partial charge in [-0.15, -0.1) is 0 Å². The van der Waals surface area contributed by atoms with Crippen molar-refractivity contribution >= 4 is 11.6 Å². The van der Waals surface area contributed by atoms with Gasteiger partial charge < -0.3 is 10.1 Å². The highest BCUT2D eigenvalue weighted by atomic mass is 16.1. The summed E-state index contributed by atoms with van der Waals surface area (Å²) in [5.41, 5.74) is 6.33. The molecule has 2 aromatic rings. The van der Waals surface area contributed by atoms with Crippen molar-refractivity contribution in [2.24, 2.45) is 5.73 Å². The quantitative estimate of drug-likeness (QED) is 0.814. The molecule has 17 heavy (non-hydrogen) atoms. The number of primary amides is 1. The summed E-state index contributed by atoms with van der Waals surface area (Å²) < 4.78 is 1.94. The molecule has 0 bridgehead atoms. The van der Waals surface area contributed by atoms with Crippen LogP contribution in [0, 0.1) is 0 Å². The van der Waals surface area contributed by atoms with Crippen LogP contribution in [0.15, 0.2) is 30.6 Å². The number of pyridine rings is 1. The second kappa shape index (κ2) is 4.18. The molecule has 0 atom stereocenters. The van der Waals surface area contributed by atoms with E-state index in [1.54, 1.807) is 13.8 Å². The van der Waals surface area contributed by atoms with E-state index >= 15 is 0 Å². The van der Waals surface area contributed by atoms with Gasteiger partial charge in [0.25, 0.3) is 0 Å². The first kappa shape index (κ1) is 11.6. The molecule has 5 nitrogen and oxygen atoms in total. The molecule has 0 aliphatic rings. The van der Waals surface area contributed by atoms with Crippen LogP contribution in [0.1, 0.15) is 19.5 Å². The van der Waals surface area contributed by atoms with Gasteiger partial charge in [-0.05, 0) is 26.0 Å². The van der Waals surface area contributed by atoms with Crippen molar-refractivity contribution < 1.29 is 4.79 Å². The highest BCUT2D eigenvalue weighted by Gasteiger charge is 2.23. The van der Waals surface area contributed by atoms with Gasteiger partial charge >= 0.3 is 0 Å². The van der Waals surface area contributed by atoms with Crippen molar-refractivity contribution in [2.45, 2.75) is 25.9 Å². The minimum absolute atomic E-state index is 0.374. The average molecular weight is 232 g/mol. The molecule has 0 saturated carbocycles. The molecule has 0 radical (unpaired) electrons. The Morgan fingerprint density at radius 2 is 2.29 bits per heavy atom. The highest BCUT2D eigenvalue weighted by molar-refractivity contribution is 5.83. The summed E-state index contributed by atoms with van der Waals surface area (Å²) in [4.78, 5) is 15.6. The summed E-state index contributed by atoms with van der Waals surface area (Å²) in [6.07, 6.45) is 3.87. The lowest BCUT2D eigenvalue weighted by molar-refractivity contribution is -0.123. The summed E-state index contributed by atoms with van der Waals surface area (Å²) in [7, 11) is 0. The number of aromatic nitrogens is 2. The lowest BCUT2D eigenvalue weighted by Gasteiger charge is -2.21. The molecule has 2 rings (SSSR count). The predicted octanol–water partition coefficient (Wildman–Crippen LogP) is 0.688. The number of hydrogen-bond donors (Lipinski definition) is 2. The number of rotatable bonds is 4. The zero-order valence-corrected chi connectivity index (χ0v) is 9.97. The van der Waals surface area contributed by atoms with E-state index in [1.807, 2.05) is 35.0 Å². The molecule has 90 valence electrons. The highest BCUT2D eigenvalue weighted by Crippen LogP contribution is 2.07. The Labute approximate surface area is 99.6 Å². The summed E-state index contributed by atoms with van der Waals surface area (Å²) in [5, 5.41) is 3.09. The Morgan fingerprint density at radius 3 is 2.94 bits per heavy atom. The first-order valence-electron chi connectivity index (χ1n) is 5.46. The number of hydrogen-bond acceptors (Lipinski definition) is 3. The smallest absolute Gasteiger partial charge is 0.237 e. The zero-order valence-electron chi connectivity index (χ0n) is 9.97. The third-order valence-corrected chi connectivity index (χ3v) is 2.74. The summed E-state index contributed by atoms with van der Waals surface area (Å²) in [5.74, 6) is -0.374. The maximum absolute atomic E-state index is 11.1. The number of nitrogens with two attached hydrogens (primary N) is 1. The fraction of sp³-hybridized carbons (Fsp3) is 0.333. The summed E-state index contributed by atoms with van der Waals surface area (Å²) in [6, 6.07) is 5.81. The van der Waals surface area contributed by atoms with E-state index < -0.39 is 5.54 Å². The second-order valence-corrected chi connectivity index (χ2v) is 4.54. The minimum atomic E-state index is -0.726. The third kappa shape index (κ3) is 2.45. The number of nitrogens with one attached hydrogen (secondary N) is 1. The molecule has 0 unspecified atom stereocenters. The van der Waals surface area contributed by atoms with Crippen LogP contribution in [0.5, 0.6) is 0 Å². The van der Waals surface area contributed by atoms with Gasteiger partial charge in [-0.25, -0.2) is 4.98 Å². The number of carbonyl (C=O) groups excluding carboxylic acids is 1. The second-order valence-electron chi connectivity index (χ2n) is 4.54. The fourth-order valence-corrected chi connectivity index (χ4v) is 1.47.